The highest BCUT2D eigenvalue weighted by molar-refractivity contribution is 7.99. The molecule has 0 aliphatic heterocycles. The summed E-state index contributed by atoms with van der Waals surface area (Å²) in [5.41, 5.74) is 0.663. The minimum absolute atomic E-state index is 0.189. The maximum Gasteiger partial charge on any atom is 0.236 e. The van der Waals surface area contributed by atoms with Gasteiger partial charge in [0.1, 0.15) is 5.82 Å². The predicted octanol–water partition coefficient (Wildman–Crippen LogP) is 2.96. The zero-order chi connectivity index (χ0) is 14.7. The highest BCUT2D eigenvalue weighted by atomic mass is 32.2. The van der Waals surface area contributed by atoms with E-state index in [9.17, 15) is 9.18 Å². The van der Waals surface area contributed by atoms with Gasteiger partial charge < -0.3 is 5.32 Å². The van der Waals surface area contributed by atoms with E-state index in [1.54, 1.807) is 24.5 Å². The third kappa shape index (κ3) is 3.53. The molecular formula is C13H9FN4OS2. The highest BCUT2D eigenvalue weighted by Gasteiger charge is 2.09. The molecule has 0 fully saturated rings. The van der Waals surface area contributed by atoms with E-state index in [4.69, 9.17) is 0 Å². The summed E-state index contributed by atoms with van der Waals surface area (Å²) in [4.78, 5) is 24.1. The number of thiazole rings is 1. The van der Waals surface area contributed by atoms with E-state index in [1.165, 1.54) is 35.2 Å². The number of benzene rings is 1. The summed E-state index contributed by atoms with van der Waals surface area (Å²) >= 11 is 2.48. The second-order valence-electron chi connectivity index (χ2n) is 4.00. The van der Waals surface area contributed by atoms with Crippen LogP contribution in [0.25, 0.3) is 10.2 Å². The van der Waals surface area contributed by atoms with E-state index < -0.39 is 0 Å². The zero-order valence-electron chi connectivity index (χ0n) is 10.6. The molecule has 21 heavy (non-hydrogen) atoms. The molecule has 3 aromatic rings. The minimum Gasteiger partial charge on any atom is -0.301 e. The number of hydrogen-bond acceptors (Lipinski definition) is 6. The van der Waals surface area contributed by atoms with Crippen LogP contribution in [0.4, 0.5) is 9.52 Å². The van der Waals surface area contributed by atoms with Gasteiger partial charge in [-0.1, -0.05) is 23.1 Å². The van der Waals surface area contributed by atoms with Crippen molar-refractivity contribution in [3.05, 3.63) is 42.5 Å². The first kappa shape index (κ1) is 13.9. The molecule has 3 rings (SSSR count). The van der Waals surface area contributed by atoms with E-state index in [-0.39, 0.29) is 17.5 Å². The molecule has 1 amide bonds. The van der Waals surface area contributed by atoms with Crippen molar-refractivity contribution >= 4 is 44.4 Å². The molecule has 0 aliphatic carbocycles. The molecular weight excluding hydrogens is 311 g/mol. The molecule has 0 radical (unpaired) electrons. The van der Waals surface area contributed by atoms with Gasteiger partial charge in [-0.3, -0.25) is 4.79 Å². The van der Waals surface area contributed by atoms with Crippen LogP contribution in [0.2, 0.25) is 0 Å². The van der Waals surface area contributed by atoms with Crippen molar-refractivity contribution in [3.8, 4) is 0 Å². The van der Waals surface area contributed by atoms with Gasteiger partial charge >= 0.3 is 0 Å². The Kier molecular flexibility index (Phi) is 4.07. The predicted molar refractivity (Wildman–Crippen MR) is 81.0 cm³/mol. The fourth-order valence-corrected chi connectivity index (χ4v) is 3.11. The Morgan fingerprint density at radius 3 is 2.95 bits per heavy atom. The number of aromatic nitrogens is 3. The van der Waals surface area contributed by atoms with Gasteiger partial charge in [-0.25, -0.2) is 19.3 Å². The lowest BCUT2D eigenvalue weighted by Crippen LogP contribution is -2.13. The molecule has 5 nitrogen and oxygen atoms in total. The first-order valence-electron chi connectivity index (χ1n) is 5.96. The average molecular weight is 320 g/mol. The Morgan fingerprint density at radius 1 is 1.33 bits per heavy atom. The van der Waals surface area contributed by atoms with E-state index in [2.05, 4.69) is 20.3 Å². The lowest BCUT2D eigenvalue weighted by Gasteiger charge is -2.00. The summed E-state index contributed by atoms with van der Waals surface area (Å²) in [6.45, 7) is 0. The number of fused-ring (bicyclic) bond motifs is 1. The molecule has 0 saturated heterocycles. The van der Waals surface area contributed by atoms with Crippen molar-refractivity contribution < 1.29 is 9.18 Å². The molecule has 0 spiro atoms. The normalized spacial score (nSPS) is 10.7. The Labute approximate surface area is 127 Å². The van der Waals surface area contributed by atoms with Crippen molar-refractivity contribution in [2.45, 2.75) is 5.16 Å². The number of nitrogens with zero attached hydrogens (tertiary/aromatic N) is 3. The topological polar surface area (TPSA) is 67.8 Å². The second kappa shape index (κ2) is 6.15. The Bertz CT molecular complexity index is 778. The van der Waals surface area contributed by atoms with Crippen LogP contribution in [-0.2, 0) is 4.79 Å². The van der Waals surface area contributed by atoms with Gasteiger partial charge in [0.25, 0.3) is 0 Å². The van der Waals surface area contributed by atoms with Gasteiger partial charge in [0.2, 0.25) is 5.91 Å². The first-order valence-corrected chi connectivity index (χ1v) is 7.77. The number of amides is 1. The standard InChI is InChI=1S/C13H9FN4OS2/c14-8-2-3-9-10(6-8)21-13(17-9)18-11(19)7-20-12-15-4-1-5-16-12/h1-6H,7H2,(H,17,18,19). The number of anilines is 1. The van der Waals surface area contributed by atoms with Gasteiger partial charge in [-0.05, 0) is 24.3 Å². The van der Waals surface area contributed by atoms with Gasteiger partial charge in [-0.15, -0.1) is 0 Å². The smallest absolute Gasteiger partial charge is 0.236 e. The van der Waals surface area contributed by atoms with Gasteiger partial charge in [0.15, 0.2) is 10.3 Å². The summed E-state index contributed by atoms with van der Waals surface area (Å²) in [6, 6.07) is 6.04. The number of carbonyl (C=O) groups excluding carboxylic acids is 1. The number of hydrogen-bond donors (Lipinski definition) is 1. The fourth-order valence-electron chi connectivity index (χ4n) is 1.60. The maximum atomic E-state index is 13.1. The molecule has 8 heteroatoms. The lowest BCUT2D eigenvalue weighted by atomic mass is 10.3. The van der Waals surface area contributed by atoms with Crippen molar-refractivity contribution in [2.24, 2.45) is 0 Å². The van der Waals surface area contributed by atoms with Crippen LogP contribution in [0.5, 0.6) is 0 Å². The molecule has 1 N–H and O–H groups in total. The maximum absolute atomic E-state index is 13.1. The van der Waals surface area contributed by atoms with E-state index >= 15 is 0 Å². The Hall–Kier alpha value is -2.06. The van der Waals surface area contributed by atoms with Gasteiger partial charge in [0.05, 0.1) is 16.0 Å². The third-order valence-corrected chi connectivity index (χ3v) is 4.28. The van der Waals surface area contributed by atoms with Crippen LogP contribution in [-0.4, -0.2) is 26.6 Å². The average Bonchev–Trinajstić information content (AvgIpc) is 2.87. The molecule has 0 unspecified atom stereocenters. The van der Waals surface area contributed by atoms with Crippen LogP contribution < -0.4 is 5.32 Å². The number of rotatable bonds is 4. The third-order valence-electron chi connectivity index (χ3n) is 2.47. The van der Waals surface area contributed by atoms with E-state index in [1.807, 2.05) is 0 Å². The van der Waals surface area contributed by atoms with Crippen molar-refractivity contribution in [1.29, 1.82) is 0 Å². The van der Waals surface area contributed by atoms with Crippen molar-refractivity contribution in [3.63, 3.8) is 0 Å². The van der Waals surface area contributed by atoms with E-state index in [0.717, 1.165) is 0 Å². The number of halogens is 1. The van der Waals surface area contributed by atoms with Crippen LogP contribution in [0, 0.1) is 5.82 Å². The summed E-state index contributed by atoms with van der Waals surface area (Å²) < 4.78 is 13.8. The quantitative estimate of drug-likeness (QED) is 0.591. The molecule has 106 valence electrons. The minimum atomic E-state index is -0.319. The Morgan fingerprint density at radius 2 is 2.14 bits per heavy atom. The van der Waals surface area contributed by atoms with E-state index in [0.29, 0.717) is 20.5 Å². The van der Waals surface area contributed by atoms with Crippen LogP contribution in [0.3, 0.4) is 0 Å². The first-order chi connectivity index (χ1) is 10.2. The fraction of sp³-hybridized carbons (Fsp3) is 0.0769. The molecule has 2 aromatic heterocycles. The van der Waals surface area contributed by atoms with Gasteiger partial charge in [0, 0.05) is 12.4 Å². The summed E-state index contributed by atoms with van der Waals surface area (Å²) in [5, 5.41) is 3.69. The number of carbonyl (C=O) groups is 1. The summed E-state index contributed by atoms with van der Waals surface area (Å²) in [6.07, 6.45) is 3.24. The molecule has 0 aliphatic rings. The molecule has 1 aromatic carbocycles. The number of nitrogens with one attached hydrogen (secondary N) is 1. The highest BCUT2D eigenvalue weighted by Crippen LogP contribution is 2.26. The zero-order valence-corrected chi connectivity index (χ0v) is 12.2. The largest absolute Gasteiger partial charge is 0.301 e. The second-order valence-corrected chi connectivity index (χ2v) is 5.97. The Balaban J connectivity index is 1.63. The van der Waals surface area contributed by atoms with Crippen LogP contribution in [0.1, 0.15) is 0 Å². The molecule has 2 heterocycles. The lowest BCUT2D eigenvalue weighted by molar-refractivity contribution is -0.113. The summed E-state index contributed by atoms with van der Waals surface area (Å²) in [5.74, 6) is -0.332. The van der Waals surface area contributed by atoms with Crippen molar-refractivity contribution in [1.82, 2.24) is 15.0 Å². The van der Waals surface area contributed by atoms with Crippen LogP contribution >= 0.6 is 23.1 Å². The van der Waals surface area contributed by atoms with Crippen molar-refractivity contribution in [2.75, 3.05) is 11.1 Å². The number of thioether (sulfide) groups is 1. The monoisotopic (exact) mass is 320 g/mol. The van der Waals surface area contributed by atoms with Crippen LogP contribution in [0.15, 0.2) is 41.8 Å². The van der Waals surface area contributed by atoms with Gasteiger partial charge in [-0.2, -0.15) is 0 Å². The SMILES string of the molecule is O=C(CSc1ncccn1)Nc1nc2ccc(F)cc2s1. The summed E-state index contributed by atoms with van der Waals surface area (Å²) in [7, 11) is 0. The molecule has 0 bridgehead atoms. The molecule has 0 atom stereocenters. The molecule has 0 saturated carbocycles.